The molecule has 1 N–H and O–H groups in total. The number of rotatable bonds is 7. The summed E-state index contributed by atoms with van der Waals surface area (Å²) in [7, 11) is 4.72. The number of anilines is 1. The summed E-state index contributed by atoms with van der Waals surface area (Å²) >= 11 is 0. The van der Waals surface area contributed by atoms with Gasteiger partial charge in [-0.05, 0) is 36.2 Å². The molecule has 0 unspecified atom stereocenters. The third kappa shape index (κ3) is 3.56. The van der Waals surface area contributed by atoms with Gasteiger partial charge in [0.05, 0.1) is 32.1 Å². The van der Waals surface area contributed by atoms with Crippen molar-refractivity contribution in [2.45, 2.75) is 6.92 Å². The fourth-order valence-corrected chi connectivity index (χ4v) is 3.42. The number of aliphatic hydroxyl groups is 1. The van der Waals surface area contributed by atoms with Gasteiger partial charge in [-0.2, -0.15) is 0 Å². The maximum atomic E-state index is 13.4. The van der Waals surface area contributed by atoms with E-state index in [-0.39, 0.29) is 24.4 Å². The van der Waals surface area contributed by atoms with Gasteiger partial charge in [-0.1, -0.05) is 24.3 Å². The van der Waals surface area contributed by atoms with Gasteiger partial charge in [-0.3, -0.25) is 9.59 Å². The van der Waals surface area contributed by atoms with E-state index in [1.165, 1.54) is 19.1 Å². The van der Waals surface area contributed by atoms with Gasteiger partial charge in [0, 0.05) is 13.6 Å². The van der Waals surface area contributed by atoms with E-state index in [4.69, 9.17) is 9.47 Å². The molecule has 2 amide bonds. The molecule has 0 fully saturated rings. The Labute approximate surface area is 169 Å². The number of aliphatic hydroxyl groups excluding tert-OH is 1. The van der Waals surface area contributed by atoms with E-state index in [0.29, 0.717) is 22.7 Å². The number of carbonyl (C=O) groups is 2. The number of para-hydroxylation sites is 1. The number of benzene rings is 2. The van der Waals surface area contributed by atoms with Gasteiger partial charge in [0.1, 0.15) is 5.70 Å². The van der Waals surface area contributed by atoms with Crippen LogP contribution < -0.4 is 14.4 Å². The number of aryl methyl sites for hydroxylation is 1. The summed E-state index contributed by atoms with van der Waals surface area (Å²) in [4.78, 5) is 29.5. The van der Waals surface area contributed by atoms with Gasteiger partial charge in [-0.15, -0.1) is 0 Å². The lowest BCUT2D eigenvalue weighted by Crippen LogP contribution is -2.35. The molecule has 0 atom stereocenters. The van der Waals surface area contributed by atoms with Gasteiger partial charge < -0.3 is 19.5 Å². The van der Waals surface area contributed by atoms with Crippen LogP contribution in [0.3, 0.4) is 0 Å². The number of imide groups is 1. The second kappa shape index (κ2) is 8.36. The van der Waals surface area contributed by atoms with Crippen LogP contribution in [0.5, 0.6) is 11.5 Å². The lowest BCUT2D eigenvalue weighted by atomic mass is 10.0. The molecule has 0 aliphatic carbocycles. The highest BCUT2D eigenvalue weighted by Gasteiger charge is 2.42. The molecule has 29 heavy (non-hydrogen) atoms. The number of likely N-dealkylation sites (N-methyl/N-ethyl adjacent to an activating group) is 1. The molecule has 7 nitrogen and oxygen atoms in total. The van der Waals surface area contributed by atoms with Gasteiger partial charge in [0.15, 0.2) is 11.5 Å². The fraction of sp³-hybridized carbons (Fsp3) is 0.273. The van der Waals surface area contributed by atoms with Crippen LogP contribution >= 0.6 is 0 Å². The second-order valence-electron chi connectivity index (χ2n) is 6.67. The van der Waals surface area contributed by atoms with Crippen LogP contribution in [0.2, 0.25) is 0 Å². The van der Waals surface area contributed by atoms with Crippen molar-refractivity contribution in [2.75, 3.05) is 39.3 Å². The zero-order valence-electron chi connectivity index (χ0n) is 16.9. The Morgan fingerprint density at radius 3 is 2.31 bits per heavy atom. The molecule has 0 saturated heterocycles. The fourth-order valence-electron chi connectivity index (χ4n) is 3.42. The average Bonchev–Trinajstić information content (AvgIpc) is 2.98. The molecular weight excluding hydrogens is 372 g/mol. The molecule has 3 rings (SSSR count). The van der Waals surface area contributed by atoms with Crippen LogP contribution in [0, 0.1) is 6.92 Å². The summed E-state index contributed by atoms with van der Waals surface area (Å²) in [5, 5.41) is 9.37. The Morgan fingerprint density at radius 1 is 1.00 bits per heavy atom. The zero-order chi connectivity index (χ0) is 21.1. The minimum absolute atomic E-state index is 0.148. The lowest BCUT2D eigenvalue weighted by Gasteiger charge is -2.21. The van der Waals surface area contributed by atoms with E-state index in [1.807, 2.05) is 19.1 Å². The van der Waals surface area contributed by atoms with E-state index >= 15 is 0 Å². The topological polar surface area (TPSA) is 79.3 Å². The maximum Gasteiger partial charge on any atom is 0.282 e. The first-order valence-corrected chi connectivity index (χ1v) is 9.17. The molecule has 2 aromatic rings. The number of methoxy groups -OCH3 is 2. The number of ether oxygens (including phenoxy) is 2. The maximum absolute atomic E-state index is 13.4. The molecule has 152 valence electrons. The molecule has 1 heterocycles. The van der Waals surface area contributed by atoms with E-state index < -0.39 is 11.8 Å². The quantitative estimate of drug-likeness (QED) is 0.723. The second-order valence-corrected chi connectivity index (χ2v) is 6.67. The van der Waals surface area contributed by atoms with Crippen LogP contribution in [-0.2, 0) is 9.59 Å². The largest absolute Gasteiger partial charge is 0.493 e. The van der Waals surface area contributed by atoms with Crippen molar-refractivity contribution in [3.63, 3.8) is 0 Å². The van der Waals surface area contributed by atoms with Gasteiger partial charge in [0.25, 0.3) is 11.8 Å². The zero-order valence-corrected chi connectivity index (χ0v) is 16.9. The Hall–Kier alpha value is -3.32. The van der Waals surface area contributed by atoms with Crippen molar-refractivity contribution in [2.24, 2.45) is 0 Å². The van der Waals surface area contributed by atoms with Crippen molar-refractivity contribution in [1.29, 1.82) is 0 Å². The summed E-state index contributed by atoms with van der Waals surface area (Å²) in [5.74, 6) is 0.132. The Balaban J connectivity index is 2.18. The van der Waals surface area contributed by atoms with Crippen molar-refractivity contribution >= 4 is 23.1 Å². The first-order valence-electron chi connectivity index (χ1n) is 9.17. The summed E-state index contributed by atoms with van der Waals surface area (Å²) in [6.07, 6.45) is 0. The molecule has 0 bridgehead atoms. The summed E-state index contributed by atoms with van der Waals surface area (Å²) < 4.78 is 10.6. The van der Waals surface area contributed by atoms with E-state index in [1.54, 1.807) is 42.3 Å². The SMILES string of the molecule is COc1ccc(C2=C(N(C)CCO)C(=O)N(c3ccccc3C)C2=O)cc1OC. The van der Waals surface area contributed by atoms with Crippen molar-refractivity contribution in [1.82, 2.24) is 4.90 Å². The standard InChI is InChI=1S/C22H24N2O5/c1-14-7-5-6-8-16(14)24-21(26)19(20(22(24)27)23(2)11-12-25)15-9-10-17(28-3)18(13-15)29-4/h5-10,13,25H,11-12H2,1-4H3. The number of amides is 2. The predicted octanol–water partition coefficient (Wildman–Crippen LogP) is 2.22. The number of hydrogen-bond acceptors (Lipinski definition) is 6. The number of carbonyl (C=O) groups excluding carboxylic acids is 2. The monoisotopic (exact) mass is 396 g/mol. The molecular formula is C22H24N2O5. The van der Waals surface area contributed by atoms with Crippen LogP contribution in [-0.4, -0.2) is 56.2 Å². The highest BCUT2D eigenvalue weighted by molar-refractivity contribution is 6.45. The minimum atomic E-state index is -0.426. The molecule has 0 radical (unpaired) electrons. The first-order chi connectivity index (χ1) is 13.9. The predicted molar refractivity (Wildman–Crippen MR) is 110 cm³/mol. The minimum Gasteiger partial charge on any atom is -0.493 e. The molecule has 7 heteroatoms. The smallest absolute Gasteiger partial charge is 0.282 e. The molecule has 1 aliphatic rings. The van der Waals surface area contributed by atoms with Crippen LogP contribution in [0.25, 0.3) is 5.57 Å². The lowest BCUT2D eigenvalue weighted by molar-refractivity contribution is -0.120. The van der Waals surface area contributed by atoms with E-state index in [2.05, 4.69) is 0 Å². The highest BCUT2D eigenvalue weighted by Crippen LogP contribution is 2.38. The van der Waals surface area contributed by atoms with Crippen molar-refractivity contribution < 1.29 is 24.2 Å². The van der Waals surface area contributed by atoms with Gasteiger partial charge >= 0.3 is 0 Å². The van der Waals surface area contributed by atoms with E-state index in [9.17, 15) is 14.7 Å². The average molecular weight is 396 g/mol. The third-order valence-electron chi connectivity index (χ3n) is 4.91. The molecule has 2 aromatic carbocycles. The summed E-state index contributed by atoms with van der Waals surface area (Å²) in [6.45, 7) is 1.92. The van der Waals surface area contributed by atoms with Crippen molar-refractivity contribution in [3.8, 4) is 11.5 Å². The Morgan fingerprint density at radius 2 is 1.69 bits per heavy atom. The van der Waals surface area contributed by atoms with Gasteiger partial charge in [0.2, 0.25) is 0 Å². The van der Waals surface area contributed by atoms with Crippen LogP contribution in [0.1, 0.15) is 11.1 Å². The van der Waals surface area contributed by atoms with Gasteiger partial charge in [-0.25, -0.2) is 4.90 Å². The van der Waals surface area contributed by atoms with Crippen LogP contribution in [0.15, 0.2) is 48.2 Å². The normalized spacial score (nSPS) is 13.9. The Kier molecular flexibility index (Phi) is 5.89. The molecule has 0 saturated carbocycles. The Bertz CT molecular complexity index is 983. The van der Waals surface area contributed by atoms with Crippen molar-refractivity contribution in [3.05, 3.63) is 59.3 Å². The van der Waals surface area contributed by atoms with E-state index in [0.717, 1.165) is 5.56 Å². The summed E-state index contributed by atoms with van der Waals surface area (Å²) in [5.41, 5.74) is 2.38. The summed E-state index contributed by atoms with van der Waals surface area (Å²) in [6, 6.07) is 12.3. The third-order valence-corrected chi connectivity index (χ3v) is 4.91. The molecule has 0 aromatic heterocycles. The van der Waals surface area contributed by atoms with Crippen LogP contribution in [0.4, 0.5) is 5.69 Å². The highest BCUT2D eigenvalue weighted by atomic mass is 16.5. The number of hydrogen-bond donors (Lipinski definition) is 1. The molecule has 0 spiro atoms. The molecule has 1 aliphatic heterocycles. The first kappa shape index (κ1) is 20.4. The number of nitrogens with zero attached hydrogens (tertiary/aromatic N) is 2.